The Morgan fingerprint density at radius 2 is 1.62 bits per heavy atom. The average Bonchev–Trinajstić information content (AvgIpc) is 3.11. The summed E-state index contributed by atoms with van der Waals surface area (Å²) in [7, 11) is 0. The second-order valence-electron chi connectivity index (χ2n) is 10.5. The van der Waals surface area contributed by atoms with E-state index in [0.29, 0.717) is 5.75 Å². The predicted molar refractivity (Wildman–Crippen MR) is 140 cm³/mol. The second-order valence-corrected chi connectivity index (χ2v) is 10.5. The Morgan fingerprint density at radius 1 is 1.00 bits per heavy atom. The molecule has 4 rings (SSSR count). The van der Waals surface area contributed by atoms with Gasteiger partial charge in [0, 0.05) is 23.4 Å². The number of ketones is 1. The van der Waals surface area contributed by atoms with Crippen molar-refractivity contribution in [2.75, 3.05) is 6.54 Å². The van der Waals surface area contributed by atoms with Gasteiger partial charge in [0.15, 0.2) is 5.78 Å². The highest BCUT2D eigenvalue weighted by Crippen LogP contribution is 2.46. The van der Waals surface area contributed by atoms with Crippen molar-refractivity contribution in [3.8, 4) is 5.75 Å². The van der Waals surface area contributed by atoms with Gasteiger partial charge in [-0.25, -0.2) is 0 Å². The molecule has 0 unspecified atom stereocenters. The van der Waals surface area contributed by atoms with Crippen LogP contribution in [0.5, 0.6) is 5.75 Å². The van der Waals surface area contributed by atoms with Gasteiger partial charge in [0.05, 0.1) is 11.7 Å². The Bertz CT molecular complexity index is 1250. The molecule has 2 aromatic rings. The van der Waals surface area contributed by atoms with Crippen molar-refractivity contribution < 1.29 is 32.3 Å². The maximum absolute atomic E-state index is 15.1. The van der Waals surface area contributed by atoms with Crippen LogP contribution >= 0.6 is 0 Å². The molecule has 0 spiro atoms. The van der Waals surface area contributed by atoms with Gasteiger partial charge in [-0.15, -0.1) is 0 Å². The van der Waals surface area contributed by atoms with Crippen LogP contribution in [0.4, 0.5) is 13.2 Å². The third-order valence-electron chi connectivity index (χ3n) is 7.35. The van der Waals surface area contributed by atoms with Crippen LogP contribution in [0, 0.1) is 5.92 Å². The third kappa shape index (κ3) is 5.58. The Labute approximate surface area is 226 Å². The van der Waals surface area contributed by atoms with Crippen molar-refractivity contribution in [3.05, 3.63) is 77.0 Å². The zero-order chi connectivity index (χ0) is 28.4. The van der Waals surface area contributed by atoms with Crippen LogP contribution in [0.1, 0.15) is 73.6 Å². The lowest BCUT2D eigenvalue weighted by molar-refractivity contribution is -0.189. The van der Waals surface area contributed by atoms with Crippen LogP contribution in [0.2, 0.25) is 0 Å². The number of benzene rings is 2. The fraction of sp³-hybridized carbons (Fsp3) is 0.433. The largest absolute Gasteiger partial charge is 0.491 e. The first-order valence-corrected chi connectivity index (χ1v) is 13.2. The van der Waals surface area contributed by atoms with Gasteiger partial charge in [-0.05, 0) is 63.8 Å². The smallest absolute Gasteiger partial charge is 0.425 e. The van der Waals surface area contributed by atoms with E-state index in [1.807, 2.05) is 19.2 Å². The number of allylic oxidation sites excluding steroid dienone is 1. The van der Waals surface area contributed by atoms with Crippen LogP contribution in [0.3, 0.4) is 0 Å². The summed E-state index contributed by atoms with van der Waals surface area (Å²) in [5.74, 6) is -2.98. The molecule has 0 saturated heterocycles. The van der Waals surface area contributed by atoms with Crippen molar-refractivity contribution >= 4 is 17.6 Å². The first kappa shape index (κ1) is 28.4. The predicted octanol–water partition coefficient (Wildman–Crippen LogP) is 6.08. The quantitative estimate of drug-likeness (QED) is 0.410. The fourth-order valence-corrected chi connectivity index (χ4v) is 5.43. The number of halogens is 3. The molecule has 0 aromatic heterocycles. The van der Waals surface area contributed by atoms with E-state index in [2.05, 4.69) is 0 Å². The molecular weight excluding hydrogens is 509 g/mol. The molecule has 1 aliphatic carbocycles. The van der Waals surface area contributed by atoms with Gasteiger partial charge in [-0.2, -0.15) is 13.2 Å². The van der Waals surface area contributed by atoms with Crippen molar-refractivity contribution in [1.82, 2.24) is 10.2 Å². The first-order valence-electron chi connectivity index (χ1n) is 13.2. The van der Waals surface area contributed by atoms with E-state index in [0.717, 1.165) is 37.0 Å². The van der Waals surface area contributed by atoms with Crippen molar-refractivity contribution in [2.24, 2.45) is 5.92 Å². The molecule has 1 aliphatic heterocycles. The van der Waals surface area contributed by atoms with Crippen LogP contribution in [-0.4, -0.2) is 46.9 Å². The van der Waals surface area contributed by atoms with Gasteiger partial charge in [0.2, 0.25) is 5.54 Å². The van der Waals surface area contributed by atoms with Gasteiger partial charge in [0.25, 0.3) is 11.8 Å². The lowest BCUT2D eigenvalue weighted by Gasteiger charge is -2.34. The molecule has 2 aliphatic rings. The lowest BCUT2D eigenvalue weighted by atomic mass is 9.84. The Kier molecular flexibility index (Phi) is 8.18. The van der Waals surface area contributed by atoms with Crippen molar-refractivity contribution in [3.63, 3.8) is 0 Å². The van der Waals surface area contributed by atoms with Crippen LogP contribution in [-0.2, 0) is 4.79 Å². The summed E-state index contributed by atoms with van der Waals surface area (Å²) in [6, 6.07) is 13.1. The Hall–Kier alpha value is -3.62. The van der Waals surface area contributed by atoms with Gasteiger partial charge in [-0.3, -0.25) is 14.4 Å². The number of carbonyl (C=O) groups excluding carboxylic acids is 3. The molecule has 39 heavy (non-hydrogen) atoms. The molecule has 0 bridgehead atoms. The maximum Gasteiger partial charge on any atom is 0.425 e. The molecule has 9 heteroatoms. The SMILES string of the molecule is CC1=C(C(=O)c2ccccc2)[C@@](NC(=O)c2ccc(OC(C)C)cc2)(C(F)(F)F)C(=O)N1CC1CCCCC1. The average molecular weight is 543 g/mol. The van der Waals surface area contributed by atoms with E-state index in [1.54, 1.807) is 6.07 Å². The Balaban J connectivity index is 1.78. The van der Waals surface area contributed by atoms with Gasteiger partial charge >= 0.3 is 6.18 Å². The zero-order valence-electron chi connectivity index (χ0n) is 22.3. The number of rotatable bonds is 8. The van der Waals surface area contributed by atoms with Crippen molar-refractivity contribution in [2.45, 2.75) is 70.7 Å². The minimum Gasteiger partial charge on any atom is -0.491 e. The molecule has 1 N–H and O–H groups in total. The molecule has 1 heterocycles. The molecule has 208 valence electrons. The lowest BCUT2D eigenvalue weighted by Crippen LogP contribution is -2.66. The van der Waals surface area contributed by atoms with Crippen LogP contribution < -0.4 is 10.1 Å². The number of amides is 2. The van der Waals surface area contributed by atoms with Crippen LogP contribution in [0.25, 0.3) is 0 Å². The monoisotopic (exact) mass is 542 g/mol. The zero-order valence-corrected chi connectivity index (χ0v) is 22.3. The number of carbonyl (C=O) groups is 3. The third-order valence-corrected chi connectivity index (χ3v) is 7.35. The molecule has 1 saturated carbocycles. The normalized spacial score (nSPS) is 20.5. The van der Waals surface area contributed by atoms with E-state index in [4.69, 9.17) is 4.74 Å². The highest BCUT2D eigenvalue weighted by Gasteiger charge is 2.70. The van der Waals surface area contributed by atoms with E-state index in [9.17, 15) is 14.4 Å². The van der Waals surface area contributed by atoms with Crippen LogP contribution in [0.15, 0.2) is 65.9 Å². The van der Waals surface area contributed by atoms with E-state index >= 15 is 13.2 Å². The standard InChI is InChI=1S/C30H33F3N2O4/c1-19(2)39-24-16-14-23(15-17-24)27(37)34-29(30(31,32)33)25(26(36)22-12-8-5-9-13-22)20(3)35(28(29)38)18-21-10-6-4-7-11-21/h5,8-9,12-17,19,21H,4,6-7,10-11,18H2,1-3H3,(H,34,37)/t29-/m0/s1. The summed E-state index contributed by atoms with van der Waals surface area (Å²) in [5, 5.41) is 1.98. The highest BCUT2D eigenvalue weighted by molar-refractivity contribution is 6.19. The summed E-state index contributed by atoms with van der Waals surface area (Å²) in [6.07, 6.45) is -0.941. The molecule has 6 nitrogen and oxygen atoms in total. The van der Waals surface area contributed by atoms with E-state index in [-0.39, 0.29) is 35.4 Å². The minimum atomic E-state index is -5.29. The summed E-state index contributed by atoms with van der Waals surface area (Å²) in [5.41, 5.74) is -4.48. The number of Topliss-reactive ketones (excluding diaryl/α,β-unsaturated/α-hetero) is 1. The molecule has 2 aromatic carbocycles. The second kappa shape index (κ2) is 11.2. The van der Waals surface area contributed by atoms with Gasteiger partial charge in [-0.1, -0.05) is 49.6 Å². The molecular formula is C30H33F3N2O4. The van der Waals surface area contributed by atoms with Gasteiger partial charge < -0.3 is 15.0 Å². The number of ether oxygens (including phenoxy) is 1. The molecule has 1 fully saturated rings. The topological polar surface area (TPSA) is 75.7 Å². The van der Waals surface area contributed by atoms with Crippen molar-refractivity contribution in [1.29, 1.82) is 0 Å². The maximum atomic E-state index is 15.1. The van der Waals surface area contributed by atoms with E-state index < -0.39 is 34.9 Å². The highest BCUT2D eigenvalue weighted by atomic mass is 19.4. The molecule has 0 radical (unpaired) electrons. The molecule has 2 amide bonds. The Morgan fingerprint density at radius 3 is 2.18 bits per heavy atom. The number of alkyl halides is 3. The van der Waals surface area contributed by atoms with E-state index in [1.165, 1.54) is 55.5 Å². The number of nitrogens with one attached hydrogen (secondary N) is 1. The number of hydrogen-bond donors (Lipinski definition) is 1. The summed E-state index contributed by atoms with van der Waals surface area (Å²) in [4.78, 5) is 41.8. The minimum absolute atomic E-state index is 0.00257. The summed E-state index contributed by atoms with van der Waals surface area (Å²) in [6.45, 7) is 5.05. The number of nitrogens with zero attached hydrogens (tertiary/aromatic N) is 1. The fourth-order valence-electron chi connectivity index (χ4n) is 5.43. The molecule has 1 atom stereocenters. The summed E-state index contributed by atoms with van der Waals surface area (Å²) < 4.78 is 50.9. The first-order chi connectivity index (χ1) is 18.5. The van der Waals surface area contributed by atoms with Gasteiger partial charge in [0.1, 0.15) is 5.75 Å². The summed E-state index contributed by atoms with van der Waals surface area (Å²) >= 11 is 0. The number of hydrogen-bond acceptors (Lipinski definition) is 4.